The van der Waals surface area contributed by atoms with Crippen molar-refractivity contribution in [1.82, 2.24) is 9.55 Å². The molecule has 1 atom stereocenters. The maximum Gasteiger partial charge on any atom is 0.247 e. The van der Waals surface area contributed by atoms with Crippen molar-refractivity contribution in [1.29, 1.82) is 0 Å². The molecule has 5 rings (SSSR count). The summed E-state index contributed by atoms with van der Waals surface area (Å²) in [7, 11) is 1.62. The molecule has 4 aromatic rings. The number of hydrogen-bond donors (Lipinski definition) is 0. The van der Waals surface area contributed by atoms with Gasteiger partial charge in [-0.25, -0.2) is 4.98 Å². The maximum absolute atomic E-state index is 13.7. The fraction of sp³-hybridized carbons (Fsp3) is 0.276. The highest BCUT2D eigenvalue weighted by Gasteiger charge is 2.35. The van der Waals surface area contributed by atoms with E-state index < -0.39 is 0 Å². The first-order valence-corrected chi connectivity index (χ1v) is 12.2. The zero-order chi connectivity index (χ0) is 25.2. The van der Waals surface area contributed by atoms with Gasteiger partial charge in [0.25, 0.3) is 0 Å². The summed E-state index contributed by atoms with van der Waals surface area (Å²) in [5, 5.41) is 0. The third-order valence-corrected chi connectivity index (χ3v) is 6.67. The minimum Gasteiger partial charge on any atom is -0.497 e. The number of hydrogen-bond acceptors (Lipinski definition) is 4. The molecular formula is C29H30N4O3. The number of amides is 2. The molecule has 0 radical (unpaired) electrons. The van der Waals surface area contributed by atoms with E-state index >= 15 is 0 Å². The van der Waals surface area contributed by atoms with Gasteiger partial charge in [-0.3, -0.25) is 9.59 Å². The molecule has 1 aromatic heterocycles. The second-order valence-corrected chi connectivity index (χ2v) is 9.34. The molecule has 0 aliphatic carbocycles. The van der Waals surface area contributed by atoms with E-state index in [1.165, 1.54) is 0 Å². The number of carbonyl (C=O) groups is 2. The zero-order valence-corrected chi connectivity index (χ0v) is 20.8. The highest BCUT2D eigenvalue weighted by Crippen LogP contribution is 2.34. The van der Waals surface area contributed by atoms with Gasteiger partial charge >= 0.3 is 0 Å². The van der Waals surface area contributed by atoms with Crippen LogP contribution in [-0.4, -0.2) is 41.1 Å². The summed E-state index contributed by atoms with van der Waals surface area (Å²) in [6.07, 6.45) is 0.343. The Kier molecular flexibility index (Phi) is 6.46. The zero-order valence-electron chi connectivity index (χ0n) is 20.8. The molecule has 0 saturated carbocycles. The summed E-state index contributed by atoms with van der Waals surface area (Å²) in [5.74, 6) is 1.42. The lowest BCUT2D eigenvalue weighted by Gasteiger charge is -2.27. The summed E-state index contributed by atoms with van der Waals surface area (Å²) in [5.41, 5.74) is 3.42. The summed E-state index contributed by atoms with van der Waals surface area (Å²) in [6.45, 7) is 4.69. The summed E-state index contributed by atoms with van der Waals surface area (Å²) >= 11 is 0. The topological polar surface area (TPSA) is 67.7 Å². The molecule has 1 aliphatic rings. The third-order valence-electron chi connectivity index (χ3n) is 6.67. The van der Waals surface area contributed by atoms with Gasteiger partial charge in [0.15, 0.2) is 0 Å². The molecule has 7 heteroatoms. The van der Waals surface area contributed by atoms with Crippen LogP contribution in [0.25, 0.3) is 11.0 Å². The minimum atomic E-state index is -0.121. The van der Waals surface area contributed by atoms with Gasteiger partial charge in [0.1, 0.15) is 18.1 Å². The number of anilines is 2. The number of carbonyl (C=O) groups excluding carboxylic acids is 2. The first-order chi connectivity index (χ1) is 17.5. The molecule has 0 bridgehead atoms. The van der Waals surface area contributed by atoms with Crippen molar-refractivity contribution in [2.24, 2.45) is 0 Å². The molecule has 3 aromatic carbocycles. The van der Waals surface area contributed by atoms with Gasteiger partial charge in [0.2, 0.25) is 11.8 Å². The second-order valence-electron chi connectivity index (χ2n) is 9.34. The van der Waals surface area contributed by atoms with Crippen LogP contribution in [0.15, 0.2) is 78.9 Å². The highest BCUT2D eigenvalue weighted by atomic mass is 16.5. The summed E-state index contributed by atoms with van der Waals surface area (Å²) in [6, 6.07) is 25.1. The SMILES string of the molecule is COc1ccc(N2C[C@H](c3nc4ccccc4n3CC(=O)N(c3ccccc3)C(C)C)CC2=O)cc1. The fourth-order valence-electron chi connectivity index (χ4n) is 4.99. The number of nitrogens with zero attached hydrogens (tertiary/aromatic N) is 4. The Bertz CT molecular complexity index is 1380. The molecule has 1 aliphatic heterocycles. The summed E-state index contributed by atoms with van der Waals surface area (Å²) in [4.78, 5) is 35.2. The minimum absolute atomic E-state index is 0.00300. The average Bonchev–Trinajstić information content (AvgIpc) is 3.45. The number of rotatable bonds is 7. The molecule has 2 amide bonds. The van der Waals surface area contributed by atoms with Crippen LogP contribution in [0.4, 0.5) is 11.4 Å². The molecule has 0 N–H and O–H groups in total. The lowest BCUT2D eigenvalue weighted by molar-refractivity contribution is -0.119. The number of ether oxygens (including phenoxy) is 1. The van der Waals surface area contributed by atoms with Crippen molar-refractivity contribution in [3.05, 3.63) is 84.7 Å². The number of aromatic nitrogens is 2. The summed E-state index contributed by atoms with van der Waals surface area (Å²) < 4.78 is 7.24. The fourth-order valence-corrected chi connectivity index (χ4v) is 4.99. The molecule has 0 unspecified atom stereocenters. The van der Waals surface area contributed by atoms with E-state index in [-0.39, 0.29) is 30.3 Å². The van der Waals surface area contributed by atoms with Crippen molar-refractivity contribution in [2.45, 2.75) is 38.8 Å². The van der Waals surface area contributed by atoms with Crippen molar-refractivity contribution in [3.8, 4) is 5.75 Å². The van der Waals surface area contributed by atoms with Crippen LogP contribution in [0.5, 0.6) is 5.75 Å². The van der Waals surface area contributed by atoms with Gasteiger partial charge in [-0.05, 0) is 62.4 Å². The normalized spacial score (nSPS) is 15.6. The van der Waals surface area contributed by atoms with Crippen LogP contribution in [0.3, 0.4) is 0 Å². The molecule has 184 valence electrons. The predicted molar refractivity (Wildman–Crippen MR) is 142 cm³/mol. The smallest absolute Gasteiger partial charge is 0.247 e. The molecule has 36 heavy (non-hydrogen) atoms. The monoisotopic (exact) mass is 482 g/mol. The second kappa shape index (κ2) is 9.85. The van der Waals surface area contributed by atoms with E-state index in [1.54, 1.807) is 12.0 Å². The Hall–Kier alpha value is -4.13. The van der Waals surface area contributed by atoms with Crippen molar-refractivity contribution >= 4 is 34.2 Å². The van der Waals surface area contributed by atoms with Gasteiger partial charge in [0, 0.05) is 36.3 Å². The van der Waals surface area contributed by atoms with E-state index in [0.717, 1.165) is 34.0 Å². The lowest BCUT2D eigenvalue weighted by Crippen LogP contribution is -2.39. The maximum atomic E-state index is 13.7. The van der Waals surface area contributed by atoms with E-state index in [2.05, 4.69) is 0 Å². The van der Waals surface area contributed by atoms with Crippen molar-refractivity contribution < 1.29 is 14.3 Å². The highest BCUT2D eigenvalue weighted by molar-refractivity contribution is 5.97. The number of para-hydroxylation sites is 3. The van der Waals surface area contributed by atoms with E-state index in [4.69, 9.17) is 9.72 Å². The van der Waals surface area contributed by atoms with Crippen LogP contribution >= 0.6 is 0 Å². The predicted octanol–water partition coefficient (Wildman–Crippen LogP) is 5.01. The molecule has 0 spiro atoms. The van der Waals surface area contributed by atoms with Gasteiger partial charge in [0.05, 0.1) is 18.1 Å². The van der Waals surface area contributed by atoms with Crippen LogP contribution in [-0.2, 0) is 16.1 Å². The Morgan fingerprint density at radius 2 is 1.72 bits per heavy atom. The third kappa shape index (κ3) is 4.44. The average molecular weight is 483 g/mol. The Labute approximate surface area is 210 Å². The molecule has 1 saturated heterocycles. The molecule has 7 nitrogen and oxygen atoms in total. The van der Waals surface area contributed by atoms with Crippen LogP contribution in [0.1, 0.15) is 32.0 Å². The lowest BCUT2D eigenvalue weighted by atomic mass is 10.1. The Morgan fingerprint density at radius 3 is 2.42 bits per heavy atom. The van der Waals surface area contributed by atoms with Gasteiger partial charge in [-0.2, -0.15) is 0 Å². The van der Waals surface area contributed by atoms with Crippen molar-refractivity contribution in [2.75, 3.05) is 23.5 Å². The van der Waals surface area contributed by atoms with Crippen LogP contribution in [0.2, 0.25) is 0 Å². The van der Waals surface area contributed by atoms with E-state index in [1.807, 2.05) is 102 Å². The molecule has 1 fully saturated rings. The number of fused-ring (bicyclic) bond motifs is 1. The number of benzene rings is 3. The Morgan fingerprint density at radius 1 is 1.03 bits per heavy atom. The first kappa shape index (κ1) is 23.6. The quantitative estimate of drug-likeness (QED) is 0.372. The van der Waals surface area contributed by atoms with Crippen molar-refractivity contribution in [3.63, 3.8) is 0 Å². The van der Waals surface area contributed by atoms with E-state index in [0.29, 0.717) is 13.0 Å². The number of methoxy groups -OCH3 is 1. The first-order valence-electron chi connectivity index (χ1n) is 12.2. The molecule has 2 heterocycles. The van der Waals surface area contributed by atoms with Gasteiger partial charge in [-0.15, -0.1) is 0 Å². The van der Waals surface area contributed by atoms with Crippen LogP contribution in [0, 0.1) is 0 Å². The molecular weight excluding hydrogens is 452 g/mol. The Balaban J connectivity index is 1.47. The van der Waals surface area contributed by atoms with Gasteiger partial charge < -0.3 is 19.1 Å². The number of imidazole rings is 1. The largest absolute Gasteiger partial charge is 0.497 e. The standard InChI is InChI=1S/C29H30N4O3/c1-20(2)33(23-9-5-4-6-10-23)28(35)19-32-26-12-8-7-11-25(26)30-29(32)21-17-27(34)31(18-21)22-13-15-24(36-3)16-14-22/h4-16,20-21H,17-19H2,1-3H3/t21-/m1/s1. The van der Waals surface area contributed by atoms with E-state index in [9.17, 15) is 9.59 Å². The van der Waals surface area contributed by atoms with Gasteiger partial charge in [-0.1, -0.05) is 30.3 Å². The van der Waals surface area contributed by atoms with Crippen LogP contribution < -0.4 is 14.5 Å².